The largest absolute Gasteiger partial charge is 0.468 e. The van der Waals surface area contributed by atoms with Crippen molar-refractivity contribution in [1.82, 2.24) is 0 Å². The molecule has 1 aliphatic rings. The van der Waals surface area contributed by atoms with Crippen LogP contribution in [0.5, 0.6) is 0 Å². The number of ketones is 1. The summed E-state index contributed by atoms with van der Waals surface area (Å²) in [5.41, 5.74) is -0.792. The Morgan fingerprint density at radius 2 is 2.36 bits per heavy atom. The van der Waals surface area contributed by atoms with E-state index in [0.717, 1.165) is 17.3 Å². The van der Waals surface area contributed by atoms with Crippen LogP contribution in [0, 0.1) is 5.41 Å². The van der Waals surface area contributed by atoms with Crippen molar-refractivity contribution in [1.29, 1.82) is 0 Å². The van der Waals surface area contributed by atoms with Gasteiger partial charge in [0.2, 0.25) is 0 Å². The fraction of sp³-hybridized carbons (Fsp3) is 0.800. The molecule has 1 fully saturated rings. The minimum absolute atomic E-state index is 0.0780. The van der Waals surface area contributed by atoms with Crippen LogP contribution in [0.4, 0.5) is 0 Å². The van der Waals surface area contributed by atoms with Crippen molar-refractivity contribution in [2.24, 2.45) is 5.41 Å². The van der Waals surface area contributed by atoms with Gasteiger partial charge < -0.3 is 4.74 Å². The van der Waals surface area contributed by atoms with Gasteiger partial charge in [-0.05, 0) is 30.1 Å². The van der Waals surface area contributed by atoms with Gasteiger partial charge in [-0.1, -0.05) is 22.6 Å². The molecule has 0 aromatic rings. The highest BCUT2D eigenvalue weighted by molar-refractivity contribution is 14.1. The molecular weight excluding hydrogens is 295 g/mol. The molecule has 0 saturated heterocycles. The number of ether oxygens (including phenoxy) is 1. The van der Waals surface area contributed by atoms with Crippen molar-refractivity contribution in [3.05, 3.63) is 0 Å². The lowest BCUT2D eigenvalue weighted by Crippen LogP contribution is -2.36. The van der Waals surface area contributed by atoms with Crippen LogP contribution in [0.2, 0.25) is 0 Å². The first-order valence-electron chi connectivity index (χ1n) is 4.85. The molecular formula is C10H15IO3. The van der Waals surface area contributed by atoms with Gasteiger partial charge in [0.1, 0.15) is 11.2 Å². The zero-order valence-corrected chi connectivity index (χ0v) is 10.5. The van der Waals surface area contributed by atoms with E-state index < -0.39 is 5.41 Å². The number of rotatable bonds is 4. The molecule has 0 amide bonds. The molecule has 1 atom stereocenters. The summed E-state index contributed by atoms with van der Waals surface area (Å²) in [5.74, 6) is -0.251. The second kappa shape index (κ2) is 5.09. The number of carbonyl (C=O) groups is 2. The van der Waals surface area contributed by atoms with Crippen LogP contribution in [0.25, 0.3) is 0 Å². The van der Waals surface area contributed by atoms with Crippen LogP contribution in [0.1, 0.15) is 32.1 Å². The Bertz CT molecular complexity index is 240. The molecule has 0 spiro atoms. The van der Waals surface area contributed by atoms with E-state index in [4.69, 9.17) is 4.74 Å². The Morgan fingerprint density at radius 3 is 2.79 bits per heavy atom. The first-order valence-corrected chi connectivity index (χ1v) is 6.37. The molecule has 0 aromatic heterocycles. The number of halogens is 1. The Balaban J connectivity index is 2.78. The molecule has 0 heterocycles. The van der Waals surface area contributed by atoms with Gasteiger partial charge in [-0.3, -0.25) is 9.59 Å². The zero-order chi connectivity index (χ0) is 10.6. The SMILES string of the molecule is COC(=O)[C@]1(CCCI)CCCC1=O. The van der Waals surface area contributed by atoms with Gasteiger partial charge >= 0.3 is 5.97 Å². The fourth-order valence-corrected chi connectivity index (χ4v) is 2.46. The van der Waals surface area contributed by atoms with Crippen LogP contribution in [-0.2, 0) is 14.3 Å². The maximum absolute atomic E-state index is 11.7. The van der Waals surface area contributed by atoms with Gasteiger partial charge in [0.25, 0.3) is 0 Å². The highest BCUT2D eigenvalue weighted by Crippen LogP contribution is 2.40. The maximum atomic E-state index is 11.7. The summed E-state index contributed by atoms with van der Waals surface area (Å²) in [6.45, 7) is 0. The second-order valence-electron chi connectivity index (χ2n) is 3.64. The smallest absolute Gasteiger partial charge is 0.319 e. The first-order chi connectivity index (χ1) is 6.67. The third-order valence-electron chi connectivity index (χ3n) is 2.85. The molecule has 0 radical (unpaired) electrons. The van der Waals surface area contributed by atoms with Crippen molar-refractivity contribution in [3.8, 4) is 0 Å². The quantitative estimate of drug-likeness (QED) is 0.346. The Labute approximate surface area is 97.7 Å². The van der Waals surface area contributed by atoms with E-state index in [1.165, 1.54) is 7.11 Å². The van der Waals surface area contributed by atoms with Gasteiger partial charge in [0.05, 0.1) is 7.11 Å². The van der Waals surface area contributed by atoms with Crippen LogP contribution < -0.4 is 0 Å². The summed E-state index contributed by atoms with van der Waals surface area (Å²) in [7, 11) is 1.36. The molecule has 0 aromatic carbocycles. The van der Waals surface area contributed by atoms with E-state index in [9.17, 15) is 9.59 Å². The van der Waals surface area contributed by atoms with Crippen molar-refractivity contribution in [2.75, 3.05) is 11.5 Å². The van der Waals surface area contributed by atoms with Gasteiger partial charge in [0.15, 0.2) is 0 Å². The molecule has 1 saturated carbocycles. The van der Waals surface area contributed by atoms with E-state index in [0.29, 0.717) is 19.3 Å². The predicted molar refractivity (Wildman–Crippen MR) is 61.4 cm³/mol. The molecule has 3 nitrogen and oxygen atoms in total. The number of alkyl halides is 1. The Kier molecular flexibility index (Phi) is 4.34. The lowest BCUT2D eigenvalue weighted by Gasteiger charge is -2.23. The summed E-state index contributed by atoms with van der Waals surface area (Å²) < 4.78 is 5.72. The number of methoxy groups -OCH3 is 1. The van der Waals surface area contributed by atoms with Gasteiger partial charge in [0, 0.05) is 6.42 Å². The van der Waals surface area contributed by atoms with Crippen molar-refractivity contribution in [3.63, 3.8) is 0 Å². The highest BCUT2D eigenvalue weighted by atomic mass is 127. The second-order valence-corrected chi connectivity index (χ2v) is 4.72. The van der Waals surface area contributed by atoms with E-state index >= 15 is 0 Å². The van der Waals surface area contributed by atoms with Gasteiger partial charge in [-0.25, -0.2) is 0 Å². The molecule has 0 unspecified atom stereocenters. The normalized spacial score (nSPS) is 26.6. The monoisotopic (exact) mass is 310 g/mol. The molecule has 80 valence electrons. The molecule has 0 bridgehead atoms. The zero-order valence-electron chi connectivity index (χ0n) is 8.35. The summed E-state index contributed by atoms with van der Waals surface area (Å²) >= 11 is 2.26. The number of carbonyl (C=O) groups excluding carboxylic acids is 2. The maximum Gasteiger partial charge on any atom is 0.319 e. The standard InChI is InChI=1S/C10H15IO3/c1-14-9(13)10(6-3-7-11)5-2-4-8(10)12/h2-7H2,1H3/t10-/m0/s1. The molecule has 1 rings (SSSR count). The van der Waals surface area contributed by atoms with E-state index in [2.05, 4.69) is 22.6 Å². The first kappa shape index (κ1) is 11.9. The molecule has 14 heavy (non-hydrogen) atoms. The van der Waals surface area contributed by atoms with Gasteiger partial charge in [-0.2, -0.15) is 0 Å². The molecule has 1 aliphatic carbocycles. The average Bonchev–Trinajstić information content (AvgIpc) is 2.57. The minimum atomic E-state index is -0.792. The lowest BCUT2D eigenvalue weighted by atomic mass is 9.81. The van der Waals surface area contributed by atoms with E-state index in [1.54, 1.807) is 0 Å². The molecule has 0 aliphatic heterocycles. The number of hydrogen-bond acceptors (Lipinski definition) is 3. The average molecular weight is 310 g/mol. The van der Waals surface area contributed by atoms with E-state index in [1.807, 2.05) is 0 Å². The fourth-order valence-electron chi connectivity index (χ4n) is 2.08. The van der Waals surface area contributed by atoms with Crippen LogP contribution in [-0.4, -0.2) is 23.3 Å². The van der Waals surface area contributed by atoms with Crippen LogP contribution in [0.15, 0.2) is 0 Å². The Morgan fingerprint density at radius 1 is 1.64 bits per heavy atom. The predicted octanol–water partition coefficient (Wildman–Crippen LogP) is 2.11. The summed E-state index contributed by atoms with van der Waals surface area (Å²) in [6, 6.07) is 0. The van der Waals surface area contributed by atoms with Crippen molar-refractivity contribution >= 4 is 34.3 Å². The topological polar surface area (TPSA) is 43.4 Å². The van der Waals surface area contributed by atoms with Crippen LogP contribution in [0.3, 0.4) is 0 Å². The summed E-state index contributed by atoms with van der Waals surface area (Å²) in [5, 5.41) is 0. The Hall–Kier alpha value is -0.130. The number of Topliss-reactive ketones (excluding diaryl/α,β-unsaturated/α-hetero) is 1. The minimum Gasteiger partial charge on any atom is -0.468 e. The van der Waals surface area contributed by atoms with Crippen molar-refractivity contribution < 1.29 is 14.3 Å². The number of esters is 1. The highest BCUT2D eigenvalue weighted by Gasteiger charge is 2.48. The van der Waals surface area contributed by atoms with Gasteiger partial charge in [-0.15, -0.1) is 0 Å². The molecule has 0 N–H and O–H groups in total. The third-order valence-corrected chi connectivity index (χ3v) is 3.62. The lowest BCUT2D eigenvalue weighted by molar-refractivity contribution is -0.157. The summed E-state index contributed by atoms with van der Waals surface area (Å²) in [4.78, 5) is 23.3. The van der Waals surface area contributed by atoms with E-state index in [-0.39, 0.29) is 11.8 Å². The number of hydrogen-bond donors (Lipinski definition) is 0. The molecule has 4 heteroatoms. The third kappa shape index (κ3) is 2.10. The summed E-state index contributed by atoms with van der Waals surface area (Å²) in [6.07, 6.45) is 3.60. The van der Waals surface area contributed by atoms with Crippen LogP contribution >= 0.6 is 22.6 Å². The van der Waals surface area contributed by atoms with Crippen molar-refractivity contribution in [2.45, 2.75) is 32.1 Å².